The molecule has 0 bridgehead atoms. The Labute approximate surface area is 221 Å². The monoisotopic (exact) mass is 708 g/mol. The molecule has 0 fully saturated rings. The maximum absolute atomic E-state index is 6.69. The van der Waals surface area contributed by atoms with Gasteiger partial charge in [-0.1, -0.05) is 0 Å². The minimum atomic E-state index is -3.40. The first-order valence-corrected chi connectivity index (χ1v) is 23.4. The van der Waals surface area contributed by atoms with Gasteiger partial charge in [-0.2, -0.15) is 0 Å². The van der Waals surface area contributed by atoms with Crippen LogP contribution in [-0.4, -0.2) is 21.2 Å². The zero-order chi connectivity index (χ0) is 23.3. The van der Waals surface area contributed by atoms with Crippen molar-refractivity contribution in [3.8, 4) is 0 Å². The average molecular weight is 710 g/mol. The molecule has 0 aliphatic rings. The van der Waals surface area contributed by atoms with E-state index in [2.05, 4.69) is 48.5 Å². The molecule has 0 aliphatic carbocycles. The second-order valence-electron chi connectivity index (χ2n) is 8.57. The average Bonchev–Trinajstić information content (AvgIpc) is 2.80. The Morgan fingerprint density at radius 3 is 0.788 bits per heavy atom. The normalized spacial score (nSPS) is 11.5. The van der Waals surface area contributed by atoms with E-state index in [0.717, 1.165) is 36.0 Å². The van der Waals surface area contributed by atoms with Gasteiger partial charge in [0, 0.05) is 0 Å². The summed E-state index contributed by atoms with van der Waals surface area (Å²) in [6.45, 7) is 0. The fourth-order valence-corrected chi connectivity index (χ4v) is 27.4. The van der Waals surface area contributed by atoms with Gasteiger partial charge in [0.05, 0.1) is 0 Å². The van der Waals surface area contributed by atoms with Gasteiger partial charge in [0.15, 0.2) is 0 Å². The molecule has 0 amide bonds. The Morgan fingerprint density at radius 1 is 0.364 bits per heavy atom. The van der Waals surface area contributed by atoms with Gasteiger partial charge in [-0.3, -0.25) is 0 Å². The van der Waals surface area contributed by atoms with Crippen molar-refractivity contribution in [2.75, 3.05) is 0 Å². The molecule has 0 nitrogen and oxygen atoms in total. The van der Waals surface area contributed by atoms with Crippen molar-refractivity contribution in [2.24, 2.45) is 0 Å². The first-order chi connectivity index (χ1) is 16.0. The van der Waals surface area contributed by atoms with E-state index in [-0.39, 0.29) is 0 Å². The molecule has 0 atom stereocenters. The van der Waals surface area contributed by atoms with E-state index in [9.17, 15) is 0 Å². The number of hydrogen-bond donors (Lipinski definition) is 0. The van der Waals surface area contributed by atoms with Crippen LogP contribution in [0.1, 0.15) is 22.3 Å². The molecule has 33 heavy (non-hydrogen) atoms. The van der Waals surface area contributed by atoms with E-state index in [1.165, 1.54) is 22.3 Å². The molecule has 0 aliphatic heterocycles. The van der Waals surface area contributed by atoms with Crippen LogP contribution in [-0.2, 0) is 15.9 Å². The van der Waals surface area contributed by atoms with Crippen LogP contribution in [0.3, 0.4) is 0 Å². The van der Waals surface area contributed by atoms with Crippen LogP contribution in [0.5, 0.6) is 0 Å². The van der Waals surface area contributed by atoms with E-state index in [1.807, 2.05) is 48.5 Å². The third kappa shape index (κ3) is 6.55. The standard InChI is InChI=1S/4C7H6Cl.Pb/c4*1-6-4-2-3-5-7(6)8;/h4*2-5H,1H2;. The molecule has 4 aromatic rings. The third-order valence-corrected chi connectivity index (χ3v) is 25.2. The summed E-state index contributed by atoms with van der Waals surface area (Å²) in [5.74, 6) is 0. The van der Waals surface area contributed by atoms with Crippen molar-refractivity contribution >= 4 is 67.6 Å². The molecule has 0 aromatic heterocycles. The van der Waals surface area contributed by atoms with Gasteiger partial charge in [0.2, 0.25) is 0 Å². The molecule has 0 saturated heterocycles. The Morgan fingerprint density at radius 2 is 0.576 bits per heavy atom. The molecule has 5 heteroatoms. The van der Waals surface area contributed by atoms with Crippen molar-refractivity contribution in [3.63, 3.8) is 0 Å². The van der Waals surface area contributed by atoms with Gasteiger partial charge >= 0.3 is 223 Å². The molecule has 0 unspecified atom stereocenters. The van der Waals surface area contributed by atoms with Crippen LogP contribution in [0.2, 0.25) is 20.1 Å². The topological polar surface area (TPSA) is 0 Å². The third-order valence-electron chi connectivity index (χ3n) is 6.09. The van der Waals surface area contributed by atoms with Crippen molar-refractivity contribution in [3.05, 3.63) is 139 Å². The maximum atomic E-state index is 6.69. The van der Waals surface area contributed by atoms with E-state index in [4.69, 9.17) is 46.4 Å². The first kappa shape index (κ1) is 25.1. The predicted octanol–water partition coefficient (Wildman–Crippen LogP) is 9.18. The van der Waals surface area contributed by atoms with E-state index < -0.39 is 21.2 Å². The number of rotatable bonds is 8. The zero-order valence-electron chi connectivity index (χ0n) is 18.1. The Kier molecular flexibility index (Phi) is 8.81. The van der Waals surface area contributed by atoms with Crippen LogP contribution in [0.15, 0.2) is 97.1 Å². The summed E-state index contributed by atoms with van der Waals surface area (Å²) >= 11 is 23.4. The fraction of sp³-hybridized carbons (Fsp3) is 0.143. The SMILES string of the molecule is Clc1ccccc1[CH2][Pb]([CH2]c1ccccc1Cl)([CH2]c1ccccc1Cl)[CH2]c1ccccc1Cl. The van der Waals surface area contributed by atoms with Gasteiger partial charge in [0.1, 0.15) is 0 Å². The molecule has 4 rings (SSSR count). The van der Waals surface area contributed by atoms with Crippen LogP contribution >= 0.6 is 46.4 Å². The van der Waals surface area contributed by atoms with Gasteiger partial charge in [0.25, 0.3) is 0 Å². The molecule has 0 heterocycles. The molecule has 0 spiro atoms. The van der Waals surface area contributed by atoms with E-state index in [0.29, 0.717) is 0 Å². The predicted molar refractivity (Wildman–Crippen MR) is 146 cm³/mol. The van der Waals surface area contributed by atoms with Gasteiger partial charge < -0.3 is 0 Å². The second-order valence-corrected chi connectivity index (χ2v) is 27.4. The minimum absolute atomic E-state index is 0.819. The summed E-state index contributed by atoms with van der Waals surface area (Å²) in [5, 5.41) is 3.28. The molecule has 0 N–H and O–H groups in total. The molecule has 0 radical (unpaired) electrons. The Hall–Kier alpha value is -1.04. The first-order valence-electron chi connectivity index (χ1n) is 10.9. The quantitative estimate of drug-likeness (QED) is 0.160. The summed E-state index contributed by atoms with van der Waals surface area (Å²) in [6, 6.07) is 32.8. The van der Waals surface area contributed by atoms with Crippen molar-refractivity contribution in [1.29, 1.82) is 0 Å². The van der Waals surface area contributed by atoms with Crippen LogP contribution < -0.4 is 0 Å². The summed E-state index contributed by atoms with van der Waals surface area (Å²) < 4.78 is 3.92. The van der Waals surface area contributed by atoms with E-state index >= 15 is 0 Å². The van der Waals surface area contributed by atoms with Crippen molar-refractivity contribution < 1.29 is 0 Å². The van der Waals surface area contributed by atoms with Gasteiger partial charge in [-0.05, 0) is 0 Å². The Bertz CT molecular complexity index is 1040. The summed E-state index contributed by atoms with van der Waals surface area (Å²) in [6.07, 6.45) is 0. The molecule has 4 aromatic carbocycles. The molecule has 0 saturated carbocycles. The van der Waals surface area contributed by atoms with Crippen molar-refractivity contribution in [1.82, 2.24) is 0 Å². The second kappa shape index (κ2) is 11.6. The summed E-state index contributed by atoms with van der Waals surface area (Å²) in [4.78, 5) is 0. The fourth-order valence-electron chi connectivity index (χ4n) is 4.56. The Balaban J connectivity index is 1.86. The summed E-state index contributed by atoms with van der Waals surface area (Å²) in [5.41, 5.74) is 4.80. The van der Waals surface area contributed by atoms with Gasteiger partial charge in [-0.15, -0.1) is 0 Å². The van der Waals surface area contributed by atoms with Gasteiger partial charge in [-0.25, -0.2) is 0 Å². The van der Waals surface area contributed by atoms with Crippen LogP contribution in [0, 0.1) is 0 Å². The molecular weight excluding hydrogens is 685 g/mol. The molecular formula is C28H24Cl4Pb. The zero-order valence-corrected chi connectivity index (χ0v) is 25.0. The molecule has 168 valence electrons. The number of halogens is 4. The number of benzene rings is 4. The van der Waals surface area contributed by atoms with Crippen LogP contribution in [0.25, 0.3) is 0 Å². The van der Waals surface area contributed by atoms with Crippen LogP contribution in [0.4, 0.5) is 0 Å². The van der Waals surface area contributed by atoms with E-state index in [1.54, 1.807) is 0 Å². The van der Waals surface area contributed by atoms with Crippen molar-refractivity contribution in [2.45, 2.75) is 15.9 Å². The number of hydrogen-bond acceptors (Lipinski definition) is 0. The summed E-state index contributed by atoms with van der Waals surface area (Å²) in [7, 11) is 0.